The van der Waals surface area contributed by atoms with Gasteiger partial charge in [-0.1, -0.05) is 13.8 Å². The van der Waals surface area contributed by atoms with Gasteiger partial charge >= 0.3 is 0 Å². The first-order valence-electron chi connectivity index (χ1n) is 7.50. The zero-order chi connectivity index (χ0) is 14.0. The molecule has 3 aliphatic rings. The van der Waals surface area contributed by atoms with Crippen molar-refractivity contribution in [3.63, 3.8) is 0 Å². The van der Waals surface area contributed by atoms with Gasteiger partial charge in [-0.3, -0.25) is 0 Å². The van der Waals surface area contributed by atoms with E-state index in [0.717, 1.165) is 12.8 Å². The molecule has 0 aromatic rings. The van der Waals surface area contributed by atoms with E-state index in [1.165, 1.54) is 0 Å². The van der Waals surface area contributed by atoms with Crippen molar-refractivity contribution in [2.75, 3.05) is 0 Å². The van der Waals surface area contributed by atoms with Crippen LogP contribution in [0.25, 0.3) is 0 Å². The molecule has 7 atom stereocenters. The zero-order valence-corrected chi connectivity index (χ0v) is 12.3. The summed E-state index contributed by atoms with van der Waals surface area (Å²) in [6.07, 6.45) is 1.74. The van der Waals surface area contributed by atoms with E-state index in [1.807, 2.05) is 0 Å². The molecule has 3 rings (SSSR count). The number of aliphatic hydroxyl groups excluding tert-OH is 1. The largest absolute Gasteiger partial charge is 0.390 e. The standard InChI is InChI=1S/C15H26O4/c1-8(2)9-5-10-13(15(4,17)12(16)6-9)11-7-14(10,3)19-18-11/h8-13,16-17H,5-7H2,1-4H3. The summed E-state index contributed by atoms with van der Waals surface area (Å²) < 4.78 is 0. The minimum atomic E-state index is -1.08. The second-order valence-electron chi connectivity index (χ2n) is 7.58. The fourth-order valence-corrected chi connectivity index (χ4v) is 4.57. The van der Waals surface area contributed by atoms with Crippen LogP contribution < -0.4 is 0 Å². The van der Waals surface area contributed by atoms with Crippen LogP contribution in [0.1, 0.15) is 47.0 Å². The third-order valence-electron chi connectivity index (χ3n) is 5.96. The third kappa shape index (κ3) is 1.88. The average molecular weight is 270 g/mol. The van der Waals surface area contributed by atoms with Crippen LogP contribution in [0.3, 0.4) is 0 Å². The van der Waals surface area contributed by atoms with E-state index < -0.39 is 11.7 Å². The van der Waals surface area contributed by atoms with Gasteiger partial charge in [0.25, 0.3) is 0 Å². The van der Waals surface area contributed by atoms with Gasteiger partial charge in [0.1, 0.15) is 11.7 Å². The van der Waals surface area contributed by atoms with Crippen molar-refractivity contribution in [2.45, 2.75) is 70.4 Å². The van der Waals surface area contributed by atoms with Gasteiger partial charge in [-0.25, -0.2) is 9.78 Å². The van der Waals surface area contributed by atoms with Gasteiger partial charge < -0.3 is 10.2 Å². The lowest BCUT2D eigenvalue weighted by molar-refractivity contribution is -0.382. The van der Waals surface area contributed by atoms with E-state index in [9.17, 15) is 10.2 Å². The van der Waals surface area contributed by atoms with E-state index in [1.54, 1.807) is 6.92 Å². The van der Waals surface area contributed by atoms with Gasteiger partial charge in [0.2, 0.25) is 0 Å². The Hall–Kier alpha value is -0.160. The SMILES string of the molecule is CC(C)C1CC2C(C3CC2(C)OO3)C(C)(O)C(O)C1. The molecule has 19 heavy (non-hydrogen) atoms. The Bertz CT molecular complexity index is 367. The first-order chi connectivity index (χ1) is 8.75. The van der Waals surface area contributed by atoms with E-state index >= 15 is 0 Å². The lowest BCUT2D eigenvalue weighted by Gasteiger charge is -2.42. The minimum Gasteiger partial charge on any atom is -0.390 e. The number of hydrogen-bond donors (Lipinski definition) is 2. The molecular formula is C15H26O4. The Balaban J connectivity index is 1.97. The second kappa shape index (κ2) is 4.17. The van der Waals surface area contributed by atoms with Gasteiger partial charge in [0.15, 0.2) is 0 Å². The Morgan fingerprint density at radius 3 is 2.53 bits per heavy atom. The van der Waals surface area contributed by atoms with Crippen LogP contribution in [0.5, 0.6) is 0 Å². The number of hydrogen-bond acceptors (Lipinski definition) is 4. The molecule has 0 amide bonds. The Morgan fingerprint density at radius 2 is 1.89 bits per heavy atom. The number of aliphatic hydroxyl groups is 2. The van der Waals surface area contributed by atoms with Crippen molar-refractivity contribution < 1.29 is 20.0 Å². The fraction of sp³-hybridized carbons (Fsp3) is 1.00. The molecular weight excluding hydrogens is 244 g/mol. The molecule has 1 aliphatic heterocycles. The molecule has 2 bridgehead atoms. The monoisotopic (exact) mass is 270 g/mol. The summed E-state index contributed by atoms with van der Waals surface area (Å²) in [7, 11) is 0. The molecule has 0 aromatic heterocycles. The Morgan fingerprint density at radius 1 is 1.21 bits per heavy atom. The van der Waals surface area contributed by atoms with Gasteiger partial charge in [-0.05, 0) is 44.4 Å². The molecule has 1 saturated heterocycles. The van der Waals surface area contributed by atoms with Gasteiger partial charge in [-0.15, -0.1) is 0 Å². The summed E-state index contributed by atoms with van der Waals surface area (Å²) in [5.41, 5.74) is -1.38. The normalized spacial score (nSPS) is 57.3. The van der Waals surface area contributed by atoms with Crippen LogP contribution in [-0.4, -0.2) is 33.6 Å². The quantitative estimate of drug-likeness (QED) is 0.714. The fourth-order valence-electron chi connectivity index (χ4n) is 4.57. The first-order valence-corrected chi connectivity index (χ1v) is 7.50. The third-order valence-corrected chi connectivity index (χ3v) is 5.96. The first kappa shape index (κ1) is 13.8. The van der Waals surface area contributed by atoms with E-state index in [2.05, 4.69) is 20.8 Å². The molecule has 2 N–H and O–H groups in total. The van der Waals surface area contributed by atoms with Gasteiger partial charge in [-0.2, -0.15) is 0 Å². The van der Waals surface area contributed by atoms with Crippen molar-refractivity contribution in [3.8, 4) is 0 Å². The molecule has 7 unspecified atom stereocenters. The van der Waals surface area contributed by atoms with Crippen LogP contribution in [0.2, 0.25) is 0 Å². The molecule has 4 heteroatoms. The lowest BCUT2D eigenvalue weighted by Crippen LogP contribution is -2.53. The van der Waals surface area contributed by atoms with Crippen molar-refractivity contribution >= 4 is 0 Å². The summed E-state index contributed by atoms with van der Waals surface area (Å²) in [5, 5.41) is 21.3. The number of rotatable bonds is 1. The molecule has 2 aliphatic carbocycles. The maximum absolute atomic E-state index is 10.8. The Kier molecular flexibility index (Phi) is 3.03. The van der Waals surface area contributed by atoms with Crippen LogP contribution in [0.15, 0.2) is 0 Å². The molecule has 0 radical (unpaired) electrons. The summed E-state index contributed by atoms with van der Waals surface area (Å²) in [4.78, 5) is 10.9. The van der Waals surface area contributed by atoms with Crippen molar-refractivity contribution in [3.05, 3.63) is 0 Å². The molecule has 0 aromatic carbocycles. The molecule has 0 spiro atoms. The lowest BCUT2D eigenvalue weighted by atomic mass is 9.74. The van der Waals surface area contributed by atoms with Crippen LogP contribution in [0.4, 0.5) is 0 Å². The van der Waals surface area contributed by atoms with Crippen molar-refractivity contribution in [1.82, 2.24) is 0 Å². The molecule has 3 fully saturated rings. The summed E-state index contributed by atoms with van der Waals surface area (Å²) in [6.45, 7) is 8.24. The Labute approximate surface area is 115 Å². The van der Waals surface area contributed by atoms with Crippen molar-refractivity contribution in [1.29, 1.82) is 0 Å². The molecule has 1 heterocycles. The van der Waals surface area contributed by atoms with E-state index in [0.29, 0.717) is 18.3 Å². The van der Waals surface area contributed by atoms with Gasteiger partial charge in [0, 0.05) is 12.3 Å². The van der Waals surface area contributed by atoms with Gasteiger partial charge in [0.05, 0.1) is 11.7 Å². The molecule has 110 valence electrons. The maximum atomic E-state index is 10.8. The summed E-state index contributed by atoms with van der Waals surface area (Å²) in [5.74, 6) is 1.18. The van der Waals surface area contributed by atoms with E-state index in [-0.39, 0.29) is 23.5 Å². The van der Waals surface area contributed by atoms with Crippen LogP contribution in [-0.2, 0) is 9.78 Å². The minimum absolute atomic E-state index is 0.0231. The topological polar surface area (TPSA) is 58.9 Å². The van der Waals surface area contributed by atoms with Crippen molar-refractivity contribution in [2.24, 2.45) is 23.7 Å². The molecule has 4 nitrogen and oxygen atoms in total. The van der Waals surface area contributed by atoms with Crippen LogP contribution in [0, 0.1) is 23.7 Å². The number of fused-ring (bicyclic) bond motifs is 5. The predicted molar refractivity (Wildman–Crippen MR) is 70.2 cm³/mol. The second-order valence-corrected chi connectivity index (χ2v) is 7.58. The highest BCUT2D eigenvalue weighted by molar-refractivity contribution is 5.12. The van der Waals surface area contributed by atoms with E-state index in [4.69, 9.17) is 9.78 Å². The highest BCUT2D eigenvalue weighted by atomic mass is 17.2. The average Bonchev–Trinajstić information content (AvgIpc) is 2.77. The molecule has 2 saturated carbocycles. The maximum Gasteiger partial charge on any atom is 0.107 e. The van der Waals surface area contributed by atoms with Crippen LogP contribution >= 0.6 is 0 Å². The highest BCUT2D eigenvalue weighted by Gasteiger charge is 2.66. The zero-order valence-electron chi connectivity index (χ0n) is 12.3. The smallest absolute Gasteiger partial charge is 0.107 e. The highest BCUT2D eigenvalue weighted by Crippen LogP contribution is 2.58. The predicted octanol–water partition coefficient (Wildman–Crippen LogP) is 1.89. The summed E-state index contributed by atoms with van der Waals surface area (Å²) >= 11 is 0. The summed E-state index contributed by atoms with van der Waals surface area (Å²) in [6, 6.07) is 0.